The van der Waals surface area contributed by atoms with Gasteiger partial charge in [0.25, 0.3) is 0 Å². The van der Waals surface area contributed by atoms with Crippen LogP contribution in [0.3, 0.4) is 0 Å². The highest BCUT2D eigenvalue weighted by Gasteiger charge is 2.30. The molecular weight excluding hydrogens is 171 g/mol. The molecular formula is C5H7OPS2. The second-order valence-corrected chi connectivity index (χ2v) is 11.0. The number of terminal acetylenes is 1. The Hall–Kier alpha value is 0.490. The second kappa shape index (κ2) is 2.62. The summed E-state index contributed by atoms with van der Waals surface area (Å²) in [5.74, 6) is 3.45. The van der Waals surface area contributed by atoms with E-state index in [4.69, 9.17) is 6.42 Å². The first-order valence-electron chi connectivity index (χ1n) is 2.50. The molecule has 1 saturated heterocycles. The summed E-state index contributed by atoms with van der Waals surface area (Å²) in [6.45, 7) is 1.78. The van der Waals surface area contributed by atoms with Crippen LogP contribution in [0.15, 0.2) is 0 Å². The normalized spacial score (nSPS) is 42.4. The summed E-state index contributed by atoms with van der Waals surface area (Å²) in [4.78, 5) is 0. The fourth-order valence-corrected chi connectivity index (χ4v) is 8.00. The molecule has 1 aliphatic rings. The van der Waals surface area contributed by atoms with Crippen molar-refractivity contribution in [2.75, 3.05) is 12.4 Å². The molecule has 0 N–H and O–H groups in total. The summed E-state index contributed by atoms with van der Waals surface area (Å²) in [6, 6.07) is 0. The lowest BCUT2D eigenvalue weighted by Gasteiger charge is -1.97. The summed E-state index contributed by atoms with van der Waals surface area (Å²) in [5, 5.41) is 0.186. The molecule has 0 saturated carbocycles. The number of hydrogen-bond acceptors (Lipinski definition) is 3. The summed E-state index contributed by atoms with van der Waals surface area (Å²) < 4.78 is 11.2. The van der Waals surface area contributed by atoms with Gasteiger partial charge in [0.15, 0.2) is 5.55 Å². The maximum atomic E-state index is 11.2. The van der Waals surface area contributed by atoms with E-state index in [1.807, 2.05) is 0 Å². The van der Waals surface area contributed by atoms with Crippen molar-refractivity contribution >= 4 is 28.3 Å². The van der Waals surface area contributed by atoms with Crippen molar-refractivity contribution in [3.8, 4) is 12.3 Å². The molecule has 0 aliphatic carbocycles. The standard InChI is InChI=1S/C5H7OPS2/c1-3-5-4-8-7(2,6)9-5/h1,5H,4H2,2H3. The van der Waals surface area contributed by atoms with Crippen molar-refractivity contribution in [2.24, 2.45) is 0 Å². The Balaban J connectivity index is 2.60. The van der Waals surface area contributed by atoms with Gasteiger partial charge in [0.1, 0.15) is 0 Å². The second-order valence-electron chi connectivity index (χ2n) is 1.83. The molecule has 9 heavy (non-hydrogen) atoms. The maximum absolute atomic E-state index is 11.2. The fraction of sp³-hybridized carbons (Fsp3) is 0.600. The summed E-state index contributed by atoms with van der Waals surface area (Å²) >= 11 is 2.96. The third-order valence-corrected chi connectivity index (χ3v) is 8.56. The molecule has 1 fully saturated rings. The van der Waals surface area contributed by atoms with Crippen LogP contribution in [-0.2, 0) is 4.57 Å². The highest BCUT2D eigenvalue weighted by molar-refractivity contribution is 8.92. The zero-order valence-corrected chi connectivity index (χ0v) is 7.56. The predicted molar refractivity (Wildman–Crippen MR) is 46.2 cm³/mol. The summed E-state index contributed by atoms with van der Waals surface area (Å²) in [6.07, 6.45) is 5.15. The largest absolute Gasteiger partial charge is 0.301 e. The van der Waals surface area contributed by atoms with Crippen molar-refractivity contribution in [2.45, 2.75) is 5.25 Å². The van der Waals surface area contributed by atoms with Crippen LogP contribution in [0.4, 0.5) is 0 Å². The van der Waals surface area contributed by atoms with Gasteiger partial charge in [-0.1, -0.05) is 28.7 Å². The van der Waals surface area contributed by atoms with E-state index in [-0.39, 0.29) is 5.25 Å². The van der Waals surface area contributed by atoms with Crippen LogP contribution < -0.4 is 0 Å². The van der Waals surface area contributed by atoms with Crippen molar-refractivity contribution in [1.82, 2.24) is 0 Å². The van der Waals surface area contributed by atoms with Crippen molar-refractivity contribution in [3.05, 3.63) is 0 Å². The van der Waals surface area contributed by atoms with E-state index < -0.39 is 5.55 Å². The zero-order chi connectivity index (χ0) is 6.91. The molecule has 0 amide bonds. The van der Waals surface area contributed by atoms with Gasteiger partial charge in [-0.25, -0.2) is 0 Å². The van der Waals surface area contributed by atoms with Crippen molar-refractivity contribution < 1.29 is 4.57 Å². The zero-order valence-electron chi connectivity index (χ0n) is 5.03. The number of rotatable bonds is 0. The third-order valence-electron chi connectivity index (χ3n) is 0.965. The maximum Gasteiger partial charge on any atom is 0.189 e. The molecule has 1 heterocycles. The Morgan fingerprint density at radius 1 is 1.89 bits per heavy atom. The van der Waals surface area contributed by atoms with Crippen LogP contribution in [-0.4, -0.2) is 17.7 Å². The predicted octanol–water partition coefficient (Wildman–Crippen LogP) is 2.29. The van der Waals surface area contributed by atoms with E-state index >= 15 is 0 Å². The quantitative estimate of drug-likeness (QED) is 0.418. The molecule has 0 aromatic heterocycles. The minimum absolute atomic E-state index is 0.186. The Labute approximate surface area is 63.2 Å². The molecule has 4 heteroatoms. The molecule has 0 aromatic rings. The first kappa shape index (κ1) is 7.60. The molecule has 0 radical (unpaired) electrons. The van der Waals surface area contributed by atoms with Gasteiger partial charge < -0.3 is 4.57 Å². The number of hydrogen-bond donors (Lipinski definition) is 0. The lowest BCUT2D eigenvalue weighted by Crippen LogP contribution is -1.92. The third kappa shape index (κ3) is 1.97. The Morgan fingerprint density at radius 3 is 2.78 bits per heavy atom. The van der Waals surface area contributed by atoms with Gasteiger partial charge in [-0.3, -0.25) is 0 Å². The minimum atomic E-state index is -1.93. The van der Waals surface area contributed by atoms with E-state index in [1.165, 1.54) is 22.8 Å². The molecule has 0 spiro atoms. The van der Waals surface area contributed by atoms with Crippen LogP contribution in [0.1, 0.15) is 0 Å². The van der Waals surface area contributed by atoms with Crippen LogP contribution in [0.5, 0.6) is 0 Å². The average Bonchev–Trinajstić information content (AvgIpc) is 2.10. The van der Waals surface area contributed by atoms with E-state index in [1.54, 1.807) is 6.66 Å². The van der Waals surface area contributed by atoms with E-state index in [9.17, 15) is 4.57 Å². The monoisotopic (exact) mass is 178 g/mol. The highest BCUT2D eigenvalue weighted by Crippen LogP contribution is 2.72. The van der Waals surface area contributed by atoms with Crippen molar-refractivity contribution in [3.63, 3.8) is 0 Å². The van der Waals surface area contributed by atoms with E-state index in [0.29, 0.717) is 0 Å². The van der Waals surface area contributed by atoms with Crippen LogP contribution >= 0.6 is 28.3 Å². The fourth-order valence-electron chi connectivity index (χ4n) is 0.574. The first-order valence-corrected chi connectivity index (χ1v) is 7.73. The molecule has 1 aliphatic heterocycles. The van der Waals surface area contributed by atoms with Gasteiger partial charge in [-0.2, -0.15) is 0 Å². The molecule has 1 nitrogen and oxygen atoms in total. The van der Waals surface area contributed by atoms with E-state index in [2.05, 4.69) is 5.92 Å². The molecule has 0 bridgehead atoms. The lowest BCUT2D eigenvalue weighted by atomic mass is 10.5. The van der Waals surface area contributed by atoms with Gasteiger partial charge in [0, 0.05) is 12.4 Å². The average molecular weight is 178 g/mol. The lowest BCUT2D eigenvalue weighted by molar-refractivity contribution is 0.597. The van der Waals surface area contributed by atoms with Crippen molar-refractivity contribution in [1.29, 1.82) is 0 Å². The van der Waals surface area contributed by atoms with Gasteiger partial charge in [-0.15, -0.1) is 6.42 Å². The highest BCUT2D eigenvalue weighted by atomic mass is 33.1. The minimum Gasteiger partial charge on any atom is -0.301 e. The summed E-state index contributed by atoms with van der Waals surface area (Å²) in [5.41, 5.74) is -1.93. The molecule has 50 valence electrons. The first-order chi connectivity index (χ1) is 4.14. The van der Waals surface area contributed by atoms with Gasteiger partial charge in [0.05, 0.1) is 5.25 Å². The van der Waals surface area contributed by atoms with Gasteiger partial charge >= 0.3 is 0 Å². The van der Waals surface area contributed by atoms with Crippen LogP contribution in [0, 0.1) is 12.3 Å². The van der Waals surface area contributed by atoms with Gasteiger partial charge in [-0.05, 0) is 0 Å². The molecule has 1 rings (SSSR count). The van der Waals surface area contributed by atoms with Crippen LogP contribution in [0.2, 0.25) is 0 Å². The Bertz CT molecular complexity index is 196. The molecule has 2 unspecified atom stereocenters. The van der Waals surface area contributed by atoms with E-state index in [0.717, 1.165) is 5.75 Å². The Morgan fingerprint density at radius 2 is 2.56 bits per heavy atom. The summed E-state index contributed by atoms with van der Waals surface area (Å²) in [7, 11) is 0. The Kier molecular flexibility index (Phi) is 2.21. The molecule has 0 aromatic carbocycles. The SMILES string of the molecule is C#CC1CSP(C)(=O)S1. The smallest absolute Gasteiger partial charge is 0.189 e. The van der Waals surface area contributed by atoms with Crippen LogP contribution in [0.25, 0.3) is 0 Å². The molecule has 2 atom stereocenters. The van der Waals surface area contributed by atoms with Gasteiger partial charge in [0.2, 0.25) is 0 Å². The topological polar surface area (TPSA) is 17.1 Å².